The van der Waals surface area contributed by atoms with Crippen molar-refractivity contribution in [2.75, 3.05) is 6.54 Å². The van der Waals surface area contributed by atoms with Crippen LogP contribution in [0.4, 0.5) is 13.2 Å². The van der Waals surface area contributed by atoms with Gasteiger partial charge in [-0.05, 0) is 56.1 Å². The molecule has 5 unspecified atom stereocenters. The Kier molecular flexibility index (Phi) is 8.27. The highest BCUT2D eigenvalue weighted by Gasteiger charge is 2.53. The van der Waals surface area contributed by atoms with Gasteiger partial charge in [0.2, 0.25) is 5.91 Å². The summed E-state index contributed by atoms with van der Waals surface area (Å²) in [7, 11) is 0. The van der Waals surface area contributed by atoms with Crippen LogP contribution in [-0.4, -0.2) is 41.1 Å². The Morgan fingerprint density at radius 2 is 1.91 bits per heavy atom. The number of hydrogen-bond donors (Lipinski definition) is 4. The minimum Gasteiger partial charge on any atom is -0.352 e. The van der Waals surface area contributed by atoms with Gasteiger partial charge < -0.3 is 11.1 Å². The van der Waals surface area contributed by atoms with Crippen molar-refractivity contribution in [3.05, 3.63) is 35.4 Å². The van der Waals surface area contributed by atoms with Gasteiger partial charge in [0.15, 0.2) is 0 Å². The third-order valence-electron chi connectivity index (χ3n) is 7.91. The van der Waals surface area contributed by atoms with Crippen LogP contribution in [0.5, 0.6) is 0 Å². The second-order valence-electron chi connectivity index (χ2n) is 10.3. The zero-order valence-electron chi connectivity index (χ0n) is 19.5. The molecular formula is C25H36BrF3N4O. The number of halogens is 4. The predicted molar refractivity (Wildman–Crippen MR) is 130 cm³/mol. The van der Waals surface area contributed by atoms with Crippen LogP contribution in [0.25, 0.3) is 0 Å². The molecule has 2 saturated carbocycles. The average Bonchev–Trinajstić information content (AvgIpc) is 2.95. The number of carbonyl (C=O) groups is 1. The van der Waals surface area contributed by atoms with Crippen molar-refractivity contribution in [3.63, 3.8) is 0 Å². The molecule has 1 aliphatic heterocycles. The first kappa shape index (κ1) is 25.9. The lowest BCUT2D eigenvalue weighted by molar-refractivity contribution is -0.137. The van der Waals surface area contributed by atoms with Gasteiger partial charge in [0.25, 0.3) is 0 Å². The first-order chi connectivity index (χ1) is 16.2. The number of carbonyl (C=O) groups excluding carboxylic acids is 1. The molecule has 1 saturated heterocycles. The van der Waals surface area contributed by atoms with Crippen LogP contribution >= 0.6 is 15.9 Å². The molecule has 1 amide bonds. The van der Waals surface area contributed by atoms with Crippen LogP contribution in [0, 0.1) is 5.92 Å². The Bertz CT molecular complexity index is 846. The van der Waals surface area contributed by atoms with Gasteiger partial charge in [0, 0.05) is 23.0 Å². The van der Waals surface area contributed by atoms with E-state index < -0.39 is 17.8 Å². The standard InChI is InChI=1S/C25H36BrF3N4O/c26-19-10-11-21-24(14-19,17-7-3-1-2-4-8-17)33-22(32-21)15-31-23(34)20(30)13-16-6-5-9-18(12-16)25(27,28)29/h5-6,9,12,17,19-22,32-33H,1-4,7-8,10-11,13-15,30H2,(H,31,34). The summed E-state index contributed by atoms with van der Waals surface area (Å²) >= 11 is 3.87. The van der Waals surface area contributed by atoms with E-state index in [4.69, 9.17) is 5.73 Å². The molecule has 2 aliphatic carbocycles. The SMILES string of the molecule is NC(Cc1cccc(C(F)(F)F)c1)C(=O)NCC1NC2CCC(Br)CC2(C2CCCCCC2)N1. The van der Waals surface area contributed by atoms with Crippen LogP contribution in [0.1, 0.15) is 68.9 Å². The molecule has 4 rings (SSSR count). The normalized spacial score (nSPS) is 31.5. The van der Waals surface area contributed by atoms with Crippen LogP contribution in [-0.2, 0) is 17.4 Å². The van der Waals surface area contributed by atoms with Gasteiger partial charge in [-0.1, -0.05) is 59.8 Å². The maximum Gasteiger partial charge on any atom is 0.416 e. The van der Waals surface area contributed by atoms with Crippen LogP contribution < -0.4 is 21.7 Å². The van der Waals surface area contributed by atoms with E-state index in [-0.39, 0.29) is 24.0 Å². The van der Waals surface area contributed by atoms with Crippen molar-refractivity contribution in [1.29, 1.82) is 0 Å². The van der Waals surface area contributed by atoms with Crippen molar-refractivity contribution in [3.8, 4) is 0 Å². The molecule has 1 heterocycles. The first-order valence-corrected chi connectivity index (χ1v) is 13.5. The third-order valence-corrected chi connectivity index (χ3v) is 8.69. The van der Waals surface area contributed by atoms with E-state index in [2.05, 4.69) is 31.9 Å². The van der Waals surface area contributed by atoms with Gasteiger partial charge in [-0.25, -0.2) is 0 Å². The summed E-state index contributed by atoms with van der Waals surface area (Å²) in [6.45, 7) is 0.396. The molecule has 3 fully saturated rings. The molecule has 5 nitrogen and oxygen atoms in total. The van der Waals surface area contributed by atoms with Crippen LogP contribution in [0.15, 0.2) is 24.3 Å². The zero-order chi connectivity index (χ0) is 24.3. The number of nitrogens with one attached hydrogen (secondary N) is 3. The van der Waals surface area contributed by atoms with Crippen molar-refractivity contribution in [1.82, 2.24) is 16.0 Å². The Morgan fingerprint density at radius 1 is 1.18 bits per heavy atom. The van der Waals surface area contributed by atoms with E-state index in [0.717, 1.165) is 31.4 Å². The van der Waals surface area contributed by atoms with E-state index in [9.17, 15) is 18.0 Å². The van der Waals surface area contributed by atoms with Crippen LogP contribution in [0.3, 0.4) is 0 Å². The maximum atomic E-state index is 13.0. The van der Waals surface area contributed by atoms with E-state index >= 15 is 0 Å². The molecule has 5 atom stereocenters. The third kappa shape index (κ3) is 5.97. The highest BCUT2D eigenvalue weighted by atomic mass is 79.9. The Morgan fingerprint density at radius 3 is 2.62 bits per heavy atom. The Hall–Kier alpha value is -1.16. The van der Waals surface area contributed by atoms with Crippen molar-refractivity contribution in [2.24, 2.45) is 11.7 Å². The van der Waals surface area contributed by atoms with Crippen molar-refractivity contribution >= 4 is 21.8 Å². The molecule has 0 spiro atoms. The summed E-state index contributed by atoms with van der Waals surface area (Å²) in [5.74, 6) is 0.273. The van der Waals surface area contributed by atoms with E-state index in [1.807, 2.05) is 0 Å². The molecular weight excluding hydrogens is 509 g/mol. The average molecular weight is 545 g/mol. The quantitative estimate of drug-likeness (QED) is 0.319. The second-order valence-corrected chi connectivity index (χ2v) is 11.6. The molecule has 0 bridgehead atoms. The molecule has 1 aromatic rings. The molecule has 5 N–H and O–H groups in total. The molecule has 0 aromatic heterocycles. The van der Waals surface area contributed by atoms with E-state index in [0.29, 0.717) is 28.9 Å². The number of rotatable bonds is 6. The van der Waals surface area contributed by atoms with Crippen molar-refractivity contribution < 1.29 is 18.0 Å². The fourth-order valence-corrected chi connectivity index (χ4v) is 7.04. The molecule has 3 aliphatic rings. The highest BCUT2D eigenvalue weighted by molar-refractivity contribution is 9.09. The van der Waals surface area contributed by atoms with Crippen LogP contribution in [0.2, 0.25) is 0 Å². The van der Waals surface area contributed by atoms with E-state index in [1.54, 1.807) is 6.07 Å². The molecule has 0 radical (unpaired) electrons. The summed E-state index contributed by atoms with van der Waals surface area (Å²) in [6, 6.07) is 4.47. The molecule has 190 valence electrons. The maximum absolute atomic E-state index is 13.0. The lowest BCUT2D eigenvalue weighted by Crippen LogP contribution is -2.59. The summed E-state index contributed by atoms with van der Waals surface area (Å²) in [5, 5.41) is 10.5. The summed E-state index contributed by atoms with van der Waals surface area (Å²) in [5.41, 5.74) is 5.75. The summed E-state index contributed by atoms with van der Waals surface area (Å²) in [6.07, 6.45) is 6.56. The van der Waals surface area contributed by atoms with Gasteiger partial charge >= 0.3 is 6.18 Å². The lowest BCUT2D eigenvalue weighted by Gasteiger charge is -2.46. The van der Waals surface area contributed by atoms with Gasteiger partial charge in [-0.15, -0.1) is 0 Å². The highest BCUT2D eigenvalue weighted by Crippen LogP contribution is 2.45. The number of amides is 1. The number of alkyl halides is 4. The first-order valence-electron chi connectivity index (χ1n) is 12.5. The number of benzene rings is 1. The fraction of sp³-hybridized carbons (Fsp3) is 0.720. The summed E-state index contributed by atoms with van der Waals surface area (Å²) < 4.78 is 38.9. The van der Waals surface area contributed by atoms with Gasteiger partial charge in [-0.3, -0.25) is 15.4 Å². The summed E-state index contributed by atoms with van der Waals surface area (Å²) in [4.78, 5) is 13.2. The minimum atomic E-state index is -4.42. The fourth-order valence-electron chi connectivity index (χ4n) is 6.24. The topological polar surface area (TPSA) is 79.2 Å². The number of nitrogens with two attached hydrogens (primary N) is 1. The monoisotopic (exact) mass is 544 g/mol. The molecule has 34 heavy (non-hydrogen) atoms. The van der Waals surface area contributed by atoms with Gasteiger partial charge in [-0.2, -0.15) is 13.2 Å². The van der Waals surface area contributed by atoms with E-state index in [1.165, 1.54) is 44.6 Å². The molecule has 9 heteroatoms. The lowest BCUT2D eigenvalue weighted by atomic mass is 9.68. The Labute approximate surface area is 208 Å². The predicted octanol–water partition coefficient (Wildman–Crippen LogP) is 4.24. The number of fused-ring (bicyclic) bond motifs is 1. The second kappa shape index (κ2) is 10.8. The molecule has 1 aromatic carbocycles. The van der Waals surface area contributed by atoms with Crippen molar-refractivity contribution in [2.45, 2.75) is 99.0 Å². The van der Waals surface area contributed by atoms with Gasteiger partial charge in [0.1, 0.15) is 0 Å². The largest absolute Gasteiger partial charge is 0.416 e. The minimum absolute atomic E-state index is 0.0340. The van der Waals surface area contributed by atoms with Gasteiger partial charge in [0.05, 0.1) is 17.8 Å². The number of hydrogen-bond acceptors (Lipinski definition) is 4. The zero-order valence-corrected chi connectivity index (χ0v) is 21.1. The smallest absolute Gasteiger partial charge is 0.352 e. The Balaban J connectivity index is 1.35.